The number of hydrogen-bond donors (Lipinski definition) is 4. The Balaban J connectivity index is 1.58. The molecule has 146 valence electrons. The van der Waals surface area contributed by atoms with Crippen LogP contribution in [-0.4, -0.2) is 66.9 Å². The van der Waals surface area contributed by atoms with Crippen molar-refractivity contribution in [3.63, 3.8) is 0 Å². The number of aromatic nitrogens is 6. The minimum Gasteiger partial charge on any atom is -0.379 e. The van der Waals surface area contributed by atoms with Crippen LogP contribution < -0.4 is 27.1 Å². The van der Waals surface area contributed by atoms with Crippen molar-refractivity contribution < 1.29 is 4.74 Å². The number of H-pyrrole nitrogens is 2. The van der Waals surface area contributed by atoms with Crippen LogP contribution in [0.4, 0.5) is 11.9 Å². The first kappa shape index (κ1) is 17.0. The third-order valence-electron chi connectivity index (χ3n) is 4.67. The van der Waals surface area contributed by atoms with Crippen LogP contribution in [0.25, 0.3) is 18.3 Å². The van der Waals surface area contributed by atoms with Crippen LogP contribution in [0.5, 0.6) is 0 Å². The highest BCUT2D eigenvalue weighted by Crippen LogP contribution is 2.25. The largest absolute Gasteiger partial charge is 0.379 e. The Bertz CT molecular complexity index is 1170. The molecule has 1 saturated carbocycles. The topological polar surface area (TPSA) is 128 Å². The molecule has 0 atom stereocenters. The summed E-state index contributed by atoms with van der Waals surface area (Å²) < 4.78 is 7.05. The van der Waals surface area contributed by atoms with Crippen LogP contribution in [0.2, 0.25) is 0 Å². The Morgan fingerprint density at radius 3 is 2.79 bits per heavy atom. The number of morpholine rings is 1. The van der Waals surface area contributed by atoms with E-state index in [0.717, 1.165) is 25.9 Å². The van der Waals surface area contributed by atoms with Gasteiger partial charge in [0.1, 0.15) is 10.8 Å². The SMILES string of the molecule is C=c1[nH]c(=O)/c(=C/c2cnn3c(NC4CC4)nc(NN4CCOCC4)nc23)[nH]1. The third-order valence-corrected chi connectivity index (χ3v) is 4.67. The van der Waals surface area contributed by atoms with Gasteiger partial charge in [-0.05, 0) is 18.9 Å². The minimum atomic E-state index is -0.235. The number of anilines is 2. The van der Waals surface area contributed by atoms with Gasteiger partial charge in [0.05, 0.1) is 19.4 Å². The molecule has 0 bridgehead atoms. The van der Waals surface area contributed by atoms with Gasteiger partial charge in [0.2, 0.25) is 11.9 Å². The minimum absolute atomic E-state index is 0.235. The highest BCUT2D eigenvalue weighted by atomic mass is 16.5. The number of aromatic amines is 2. The predicted molar refractivity (Wildman–Crippen MR) is 103 cm³/mol. The van der Waals surface area contributed by atoms with Gasteiger partial charge in [-0.15, -0.1) is 0 Å². The predicted octanol–water partition coefficient (Wildman–Crippen LogP) is -1.39. The van der Waals surface area contributed by atoms with Crippen LogP contribution in [0, 0.1) is 0 Å². The summed E-state index contributed by atoms with van der Waals surface area (Å²) in [5.41, 5.74) is 4.78. The Labute approximate surface area is 159 Å². The maximum atomic E-state index is 12.0. The molecular weight excluding hydrogens is 362 g/mol. The van der Waals surface area contributed by atoms with Crippen molar-refractivity contribution in [3.8, 4) is 0 Å². The number of ether oxygens (including phenoxy) is 1. The molecule has 1 aliphatic heterocycles. The highest BCUT2D eigenvalue weighted by molar-refractivity contribution is 5.67. The third kappa shape index (κ3) is 3.37. The molecule has 28 heavy (non-hydrogen) atoms. The van der Waals surface area contributed by atoms with Crippen molar-refractivity contribution in [3.05, 3.63) is 32.9 Å². The maximum Gasteiger partial charge on any atom is 0.273 e. The molecular formula is C17H21N9O2. The van der Waals surface area contributed by atoms with Gasteiger partial charge >= 0.3 is 0 Å². The highest BCUT2D eigenvalue weighted by Gasteiger charge is 2.24. The molecule has 4 N–H and O–H groups in total. The van der Waals surface area contributed by atoms with Crippen molar-refractivity contribution in [1.82, 2.24) is 34.6 Å². The van der Waals surface area contributed by atoms with Crippen LogP contribution >= 0.6 is 0 Å². The van der Waals surface area contributed by atoms with E-state index < -0.39 is 0 Å². The summed E-state index contributed by atoms with van der Waals surface area (Å²) in [5, 5.41) is 10.2. The molecule has 3 aromatic rings. The average molecular weight is 383 g/mol. The number of rotatable bonds is 5. The monoisotopic (exact) mass is 383 g/mol. The van der Waals surface area contributed by atoms with Gasteiger partial charge in [-0.2, -0.15) is 19.6 Å². The first-order valence-electron chi connectivity index (χ1n) is 9.26. The average Bonchev–Trinajstić information content (AvgIpc) is 3.32. The molecule has 0 spiro atoms. The normalized spacial score (nSPS) is 18.6. The first-order chi connectivity index (χ1) is 13.7. The van der Waals surface area contributed by atoms with E-state index in [4.69, 9.17) is 4.74 Å². The smallest absolute Gasteiger partial charge is 0.273 e. The number of hydrazine groups is 1. The Morgan fingerprint density at radius 1 is 1.25 bits per heavy atom. The van der Waals surface area contributed by atoms with Gasteiger partial charge in [-0.1, -0.05) is 6.58 Å². The van der Waals surface area contributed by atoms with Gasteiger partial charge in [0, 0.05) is 24.7 Å². The van der Waals surface area contributed by atoms with Crippen molar-refractivity contribution in [2.45, 2.75) is 18.9 Å². The zero-order valence-corrected chi connectivity index (χ0v) is 15.2. The van der Waals surface area contributed by atoms with E-state index in [2.05, 4.69) is 42.4 Å². The van der Waals surface area contributed by atoms with E-state index in [0.29, 0.717) is 53.2 Å². The standard InChI is InChI=1S/C17H21N9O2/c1-10-19-13(15(27)20-10)8-11-9-18-26-14(11)22-16(23-17(26)21-12-2-3-12)24-25-4-6-28-7-5-25/h8-9,12,19H,1-7H2,(H,20,27)(H2,21,22,23,24)/b13-8-. The van der Waals surface area contributed by atoms with Crippen molar-refractivity contribution in [2.24, 2.45) is 0 Å². The summed E-state index contributed by atoms with van der Waals surface area (Å²) in [4.78, 5) is 26.8. The lowest BCUT2D eigenvalue weighted by Crippen LogP contribution is -2.40. The van der Waals surface area contributed by atoms with Crippen LogP contribution in [0.15, 0.2) is 11.0 Å². The molecule has 0 amide bonds. The lowest BCUT2D eigenvalue weighted by atomic mass is 10.3. The molecule has 4 heterocycles. The summed E-state index contributed by atoms with van der Waals surface area (Å²) in [6.07, 6.45) is 5.61. The van der Waals surface area contributed by atoms with Crippen molar-refractivity contribution in [2.75, 3.05) is 37.0 Å². The zero-order valence-electron chi connectivity index (χ0n) is 15.2. The molecule has 0 radical (unpaired) electrons. The first-order valence-corrected chi connectivity index (χ1v) is 9.26. The molecule has 2 aliphatic rings. The molecule has 11 nitrogen and oxygen atoms in total. The Morgan fingerprint density at radius 2 is 2.07 bits per heavy atom. The van der Waals surface area contributed by atoms with Gasteiger partial charge < -0.3 is 20.0 Å². The fourth-order valence-electron chi connectivity index (χ4n) is 3.08. The molecule has 2 fully saturated rings. The second-order valence-corrected chi connectivity index (χ2v) is 6.95. The number of imidazole rings is 1. The number of hydrogen-bond acceptors (Lipinski definition) is 8. The van der Waals surface area contributed by atoms with E-state index in [9.17, 15) is 4.79 Å². The molecule has 0 unspecified atom stereocenters. The summed E-state index contributed by atoms with van der Waals surface area (Å²) >= 11 is 0. The molecule has 5 rings (SSSR count). The lowest BCUT2D eigenvalue weighted by molar-refractivity contribution is 0.0493. The number of fused-ring (bicyclic) bond motifs is 1. The van der Waals surface area contributed by atoms with Gasteiger partial charge in [-0.3, -0.25) is 10.2 Å². The summed E-state index contributed by atoms with van der Waals surface area (Å²) in [6, 6.07) is 0.408. The van der Waals surface area contributed by atoms with Crippen molar-refractivity contribution >= 4 is 30.2 Å². The van der Waals surface area contributed by atoms with Crippen LogP contribution in [0.3, 0.4) is 0 Å². The second-order valence-electron chi connectivity index (χ2n) is 6.95. The summed E-state index contributed by atoms with van der Waals surface area (Å²) in [6.45, 7) is 6.55. The fourth-order valence-corrected chi connectivity index (χ4v) is 3.08. The van der Waals surface area contributed by atoms with Gasteiger partial charge in [0.25, 0.3) is 5.56 Å². The fraction of sp³-hybridized carbons (Fsp3) is 0.412. The van der Waals surface area contributed by atoms with E-state index in [1.807, 2.05) is 5.01 Å². The van der Waals surface area contributed by atoms with Crippen molar-refractivity contribution in [1.29, 1.82) is 0 Å². The van der Waals surface area contributed by atoms with E-state index >= 15 is 0 Å². The number of nitrogens with zero attached hydrogens (tertiary/aromatic N) is 5. The summed E-state index contributed by atoms with van der Waals surface area (Å²) in [7, 11) is 0. The second kappa shape index (κ2) is 6.77. The van der Waals surface area contributed by atoms with Crippen LogP contribution in [-0.2, 0) is 4.74 Å². The summed E-state index contributed by atoms with van der Waals surface area (Å²) in [5.74, 6) is 1.10. The Hall–Kier alpha value is -3.18. The van der Waals surface area contributed by atoms with E-state index in [1.165, 1.54) is 0 Å². The lowest BCUT2D eigenvalue weighted by Gasteiger charge is -2.27. The van der Waals surface area contributed by atoms with Gasteiger partial charge in [-0.25, -0.2) is 5.01 Å². The molecule has 1 aliphatic carbocycles. The Kier molecular flexibility index (Phi) is 4.10. The van der Waals surface area contributed by atoms with E-state index in [-0.39, 0.29) is 5.56 Å². The molecule has 3 aromatic heterocycles. The quantitative estimate of drug-likeness (QED) is 0.424. The molecule has 1 saturated heterocycles. The van der Waals surface area contributed by atoms with Crippen LogP contribution in [0.1, 0.15) is 18.4 Å². The maximum absolute atomic E-state index is 12.0. The number of nitrogens with one attached hydrogen (secondary N) is 4. The van der Waals surface area contributed by atoms with E-state index in [1.54, 1.807) is 16.8 Å². The van der Waals surface area contributed by atoms with Gasteiger partial charge in [0.15, 0.2) is 5.65 Å². The molecule has 11 heteroatoms. The molecule has 0 aromatic carbocycles. The zero-order chi connectivity index (χ0) is 19.1.